The predicted molar refractivity (Wildman–Crippen MR) is 91.6 cm³/mol. The molecule has 6 heteroatoms. The third-order valence-electron chi connectivity index (χ3n) is 3.63. The molecule has 0 saturated heterocycles. The summed E-state index contributed by atoms with van der Waals surface area (Å²) >= 11 is 0. The van der Waals surface area contributed by atoms with Gasteiger partial charge in [-0.15, -0.1) is 24.8 Å². The number of hydrogen-bond donors (Lipinski definition) is 2. The zero-order chi connectivity index (χ0) is 13.9. The highest BCUT2D eigenvalue weighted by Gasteiger charge is 2.15. The van der Waals surface area contributed by atoms with E-state index in [1.165, 1.54) is 11.1 Å². The van der Waals surface area contributed by atoms with Crippen molar-refractivity contribution in [2.75, 3.05) is 0 Å². The molecule has 22 heavy (non-hydrogen) atoms. The summed E-state index contributed by atoms with van der Waals surface area (Å²) in [6, 6.07) is 9.67. The highest BCUT2D eigenvalue weighted by atomic mass is 35.5. The van der Waals surface area contributed by atoms with Crippen molar-refractivity contribution in [3.8, 4) is 0 Å². The van der Waals surface area contributed by atoms with Crippen LogP contribution in [0.3, 0.4) is 0 Å². The molecule has 0 fully saturated rings. The summed E-state index contributed by atoms with van der Waals surface area (Å²) in [5, 5.41) is 6.28. The lowest BCUT2D eigenvalue weighted by atomic mass is 10.1. The number of amides is 1. The zero-order valence-corrected chi connectivity index (χ0v) is 13.8. The van der Waals surface area contributed by atoms with Crippen LogP contribution in [0.4, 0.5) is 0 Å². The lowest BCUT2D eigenvalue weighted by Crippen LogP contribution is -2.26. The van der Waals surface area contributed by atoms with Gasteiger partial charge in [0.1, 0.15) is 0 Å². The van der Waals surface area contributed by atoms with Gasteiger partial charge in [0.2, 0.25) is 0 Å². The number of nitrogens with zero attached hydrogens (tertiary/aromatic N) is 1. The average Bonchev–Trinajstić information content (AvgIpc) is 2.95. The number of carbonyl (C=O) groups is 1. The third-order valence-corrected chi connectivity index (χ3v) is 3.63. The fourth-order valence-corrected chi connectivity index (χ4v) is 2.43. The Hall–Kier alpha value is -1.62. The van der Waals surface area contributed by atoms with Crippen LogP contribution in [0, 0.1) is 0 Å². The molecule has 0 radical (unpaired) electrons. The number of rotatable bonds is 3. The Balaban J connectivity index is 0.00000121. The minimum atomic E-state index is -0.0532. The van der Waals surface area contributed by atoms with E-state index in [-0.39, 0.29) is 36.8 Å². The second kappa shape index (κ2) is 8.13. The van der Waals surface area contributed by atoms with Crippen LogP contribution >= 0.6 is 24.8 Å². The molecule has 1 amide bonds. The summed E-state index contributed by atoms with van der Waals surface area (Å²) in [5.41, 5.74) is 4.21. The number of aromatic nitrogens is 1. The summed E-state index contributed by atoms with van der Waals surface area (Å²) in [7, 11) is 0. The largest absolute Gasteiger partial charge is 0.345 e. The van der Waals surface area contributed by atoms with Crippen molar-refractivity contribution in [2.24, 2.45) is 0 Å². The van der Waals surface area contributed by atoms with Gasteiger partial charge in [-0.25, -0.2) is 0 Å². The fraction of sp³-hybridized carbons (Fsp3) is 0.250. The van der Waals surface area contributed by atoms with Gasteiger partial charge in [-0.05, 0) is 41.8 Å². The summed E-state index contributed by atoms with van der Waals surface area (Å²) in [6.45, 7) is 3.70. The van der Waals surface area contributed by atoms with Gasteiger partial charge in [-0.3, -0.25) is 9.78 Å². The summed E-state index contributed by atoms with van der Waals surface area (Å²) in [4.78, 5) is 16.3. The molecular weight excluding hydrogens is 321 g/mol. The van der Waals surface area contributed by atoms with Crippen molar-refractivity contribution in [3.05, 3.63) is 65.0 Å². The lowest BCUT2D eigenvalue weighted by molar-refractivity contribution is 0.0939. The summed E-state index contributed by atoms with van der Waals surface area (Å²) < 4.78 is 0. The fourth-order valence-electron chi connectivity index (χ4n) is 2.43. The van der Waals surface area contributed by atoms with Gasteiger partial charge in [0.15, 0.2) is 0 Å². The predicted octanol–water partition coefficient (Wildman–Crippen LogP) is 3.02. The minimum Gasteiger partial charge on any atom is -0.345 e. The van der Waals surface area contributed by atoms with Crippen molar-refractivity contribution in [1.82, 2.24) is 15.6 Å². The molecule has 118 valence electrons. The van der Waals surface area contributed by atoms with Crippen molar-refractivity contribution >= 4 is 30.7 Å². The van der Waals surface area contributed by atoms with Gasteiger partial charge in [-0.1, -0.05) is 12.1 Å². The Morgan fingerprint density at radius 3 is 2.73 bits per heavy atom. The van der Waals surface area contributed by atoms with E-state index in [1.807, 2.05) is 37.3 Å². The normalized spacial score (nSPS) is 13.3. The van der Waals surface area contributed by atoms with Crippen LogP contribution in [-0.4, -0.2) is 10.9 Å². The second-order valence-corrected chi connectivity index (χ2v) is 5.07. The first-order chi connectivity index (χ1) is 9.74. The number of carbonyl (C=O) groups excluding carboxylic acids is 1. The molecule has 1 atom stereocenters. The van der Waals surface area contributed by atoms with Crippen molar-refractivity contribution in [2.45, 2.75) is 26.1 Å². The molecule has 3 rings (SSSR count). The Morgan fingerprint density at radius 2 is 2.00 bits per heavy atom. The maximum Gasteiger partial charge on any atom is 0.251 e. The molecule has 0 bridgehead atoms. The monoisotopic (exact) mass is 339 g/mol. The zero-order valence-electron chi connectivity index (χ0n) is 12.2. The quantitative estimate of drug-likeness (QED) is 0.903. The van der Waals surface area contributed by atoms with E-state index in [1.54, 1.807) is 12.4 Å². The number of benzene rings is 1. The van der Waals surface area contributed by atoms with E-state index in [0.29, 0.717) is 5.56 Å². The molecule has 1 aromatic heterocycles. The first-order valence-electron chi connectivity index (χ1n) is 6.77. The van der Waals surface area contributed by atoms with Gasteiger partial charge < -0.3 is 10.6 Å². The van der Waals surface area contributed by atoms with E-state index >= 15 is 0 Å². The van der Waals surface area contributed by atoms with E-state index in [9.17, 15) is 4.79 Å². The van der Waals surface area contributed by atoms with Crippen LogP contribution in [0.1, 0.15) is 40.0 Å². The van der Waals surface area contributed by atoms with Crippen molar-refractivity contribution in [3.63, 3.8) is 0 Å². The maximum absolute atomic E-state index is 12.3. The van der Waals surface area contributed by atoms with Gasteiger partial charge in [0.05, 0.1) is 6.04 Å². The van der Waals surface area contributed by atoms with E-state index < -0.39 is 0 Å². The molecule has 1 aliphatic rings. The molecule has 4 nitrogen and oxygen atoms in total. The number of nitrogens with one attached hydrogen (secondary N) is 2. The molecule has 0 unspecified atom stereocenters. The van der Waals surface area contributed by atoms with Gasteiger partial charge in [-0.2, -0.15) is 0 Å². The SMILES string of the molecule is C[C@H](NC(=O)c1ccc2c(c1)CNC2)c1cccnc1.Cl.Cl. The molecular formula is C16H19Cl2N3O. The number of halogens is 2. The highest BCUT2D eigenvalue weighted by molar-refractivity contribution is 5.94. The second-order valence-electron chi connectivity index (χ2n) is 5.07. The van der Waals surface area contributed by atoms with Crippen LogP contribution in [0.15, 0.2) is 42.7 Å². The molecule has 0 aliphatic carbocycles. The van der Waals surface area contributed by atoms with Crippen molar-refractivity contribution < 1.29 is 4.79 Å². The Kier molecular flexibility index (Phi) is 6.81. The van der Waals surface area contributed by atoms with Crippen LogP contribution < -0.4 is 10.6 Å². The molecule has 2 aromatic rings. The van der Waals surface area contributed by atoms with Crippen LogP contribution in [0.2, 0.25) is 0 Å². The molecule has 2 N–H and O–H groups in total. The highest BCUT2D eigenvalue weighted by Crippen LogP contribution is 2.18. The molecule has 1 aliphatic heterocycles. The topological polar surface area (TPSA) is 54.0 Å². The lowest BCUT2D eigenvalue weighted by Gasteiger charge is -2.14. The number of hydrogen-bond acceptors (Lipinski definition) is 3. The van der Waals surface area contributed by atoms with Gasteiger partial charge >= 0.3 is 0 Å². The number of fused-ring (bicyclic) bond motifs is 1. The van der Waals surface area contributed by atoms with E-state index in [0.717, 1.165) is 18.7 Å². The smallest absolute Gasteiger partial charge is 0.251 e. The van der Waals surface area contributed by atoms with Gasteiger partial charge in [0.25, 0.3) is 5.91 Å². The van der Waals surface area contributed by atoms with Crippen LogP contribution in [0.25, 0.3) is 0 Å². The third kappa shape index (κ3) is 3.97. The van der Waals surface area contributed by atoms with Crippen LogP contribution in [0.5, 0.6) is 0 Å². The Labute approximate surface area is 142 Å². The molecule has 0 spiro atoms. The van der Waals surface area contributed by atoms with Crippen molar-refractivity contribution in [1.29, 1.82) is 0 Å². The standard InChI is InChI=1S/C16H17N3O.2ClH/c1-11(13-3-2-6-17-8-13)19-16(20)12-4-5-14-9-18-10-15(14)7-12;;/h2-8,11,18H,9-10H2,1H3,(H,19,20);2*1H/t11-;;/m0../s1. The van der Waals surface area contributed by atoms with E-state index in [2.05, 4.69) is 15.6 Å². The number of pyridine rings is 1. The van der Waals surface area contributed by atoms with Gasteiger partial charge in [0, 0.05) is 31.0 Å². The molecule has 0 saturated carbocycles. The maximum atomic E-state index is 12.3. The van der Waals surface area contributed by atoms with E-state index in [4.69, 9.17) is 0 Å². The summed E-state index contributed by atoms with van der Waals surface area (Å²) in [6.07, 6.45) is 3.50. The minimum absolute atomic E-state index is 0. The first-order valence-corrected chi connectivity index (χ1v) is 6.77. The Bertz CT molecular complexity index is 635. The summed E-state index contributed by atoms with van der Waals surface area (Å²) in [5.74, 6) is -0.0453. The Morgan fingerprint density at radius 1 is 1.23 bits per heavy atom. The van der Waals surface area contributed by atoms with Crippen LogP contribution in [-0.2, 0) is 13.1 Å². The molecule has 1 aromatic carbocycles. The molecule has 2 heterocycles. The average molecular weight is 340 g/mol. The first kappa shape index (κ1) is 18.4.